The molecule has 2 aromatic heterocycles. The Morgan fingerprint density at radius 2 is 2.12 bits per heavy atom. The maximum atomic E-state index is 11.8. The second kappa shape index (κ2) is 7.07. The predicted molar refractivity (Wildman–Crippen MR) is 98.8 cm³/mol. The van der Waals surface area contributed by atoms with Gasteiger partial charge in [-0.2, -0.15) is 5.26 Å². The van der Waals surface area contributed by atoms with Gasteiger partial charge in [-0.3, -0.25) is 9.59 Å². The molecule has 3 N–H and O–H groups in total. The number of carbonyl (C=O) groups is 1. The van der Waals surface area contributed by atoms with Gasteiger partial charge in [0.25, 0.3) is 11.5 Å². The lowest BCUT2D eigenvalue weighted by molar-refractivity contribution is -0.122. The standard InChI is InChI=1S/C17H12ClN3O4S/c1-20-11(22)7-25-9-4-2-8(3-5-9)12-13-14(23)10(6-19)16(24)21-17(13)26-15(12)18/h2-5H,7H2,1H3,(H,20,22)(H2,21,23,24). The summed E-state index contributed by atoms with van der Waals surface area (Å²) >= 11 is 7.40. The zero-order chi connectivity index (χ0) is 18.8. The highest BCUT2D eigenvalue weighted by Crippen LogP contribution is 2.45. The van der Waals surface area contributed by atoms with Crippen LogP contribution >= 0.6 is 22.9 Å². The monoisotopic (exact) mass is 389 g/mol. The number of nitrogens with one attached hydrogen (secondary N) is 2. The number of aromatic amines is 1. The van der Waals surface area contributed by atoms with E-state index in [4.69, 9.17) is 21.6 Å². The first-order valence-electron chi connectivity index (χ1n) is 7.37. The summed E-state index contributed by atoms with van der Waals surface area (Å²) in [5.41, 5.74) is 0.146. The normalized spacial score (nSPS) is 10.5. The van der Waals surface area contributed by atoms with Crippen LogP contribution in [0, 0.1) is 11.3 Å². The van der Waals surface area contributed by atoms with Gasteiger partial charge in [-0.1, -0.05) is 23.7 Å². The molecule has 0 saturated heterocycles. The molecule has 0 aliphatic rings. The Morgan fingerprint density at radius 1 is 1.42 bits per heavy atom. The molecule has 0 aliphatic carbocycles. The number of carbonyl (C=O) groups excluding carboxylic acids is 1. The molecular formula is C17H12ClN3O4S. The quantitative estimate of drug-likeness (QED) is 0.634. The van der Waals surface area contributed by atoms with Gasteiger partial charge in [0.2, 0.25) is 0 Å². The highest BCUT2D eigenvalue weighted by molar-refractivity contribution is 7.23. The summed E-state index contributed by atoms with van der Waals surface area (Å²) in [5.74, 6) is -0.161. The third kappa shape index (κ3) is 3.10. The number of fused-ring (bicyclic) bond motifs is 1. The van der Waals surface area contributed by atoms with Gasteiger partial charge < -0.3 is 20.1 Å². The topological polar surface area (TPSA) is 115 Å². The van der Waals surface area contributed by atoms with Crippen LogP contribution in [-0.4, -0.2) is 29.7 Å². The highest BCUT2D eigenvalue weighted by Gasteiger charge is 2.21. The van der Waals surface area contributed by atoms with E-state index >= 15 is 0 Å². The highest BCUT2D eigenvalue weighted by atomic mass is 35.5. The maximum absolute atomic E-state index is 11.8. The fourth-order valence-electron chi connectivity index (χ4n) is 2.42. The zero-order valence-corrected chi connectivity index (χ0v) is 15.0. The first-order chi connectivity index (χ1) is 12.5. The van der Waals surface area contributed by atoms with E-state index in [1.807, 2.05) is 0 Å². The van der Waals surface area contributed by atoms with Gasteiger partial charge in [-0.05, 0) is 17.7 Å². The Labute approximate surface area is 156 Å². The number of benzene rings is 1. The fraction of sp³-hybridized carbons (Fsp3) is 0.118. The fourth-order valence-corrected chi connectivity index (χ4v) is 3.80. The Balaban J connectivity index is 2.06. The van der Waals surface area contributed by atoms with E-state index in [0.29, 0.717) is 31.4 Å². The minimum absolute atomic E-state index is 0.106. The number of nitriles is 1. The summed E-state index contributed by atoms with van der Waals surface area (Å²) in [4.78, 5) is 26.0. The number of aromatic hydroxyl groups is 1. The average molecular weight is 390 g/mol. The molecular weight excluding hydrogens is 378 g/mol. The molecule has 1 aromatic carbocycles. The second-order valence-corrected chi connectivity index (χ2v) is 6.85. The Morgan fingerprint density at radius 3 is 2.73 bits per heavy atom. The molecule has 0 spiro atoms. The van der Waals surface area contributed by atoms with Gasteiger partial charge >= 0.3 is 0 Å². The number of H-pyrrole nitrogens is 1. The molecule has 0 unspecified atom stereocenters. The van der Waals surface area contributed by atoms with Crippen molar-refractivity contribution in [3.63, 3.8) is 0 Å². The molecule has 0 saturated carbocycles. The molecule has 9 heteroatoms. The molecule has 7 nitrogen and oxygen atoms in total. The van der Waals surface area contributed by atoms with Gasteiger partial charge in [-0.15, -0.1) is 11.3 Å². The van der Waals surface area contributed by atoms with Crippen molar-refractivity contribution in [1.29, 1.82) is 5.26 Å². The molecule has 3 rings (SSSR count). The van der Waals surface area contributed by atoms with E-state index in [9.17, 15) is 14.7 Å². The van der Waals surface area contributed by atoms with Crippen LogP contribution in [0.25, 0.3) is 21.3 Å². The summed E-state index contributed by atoms with van der Waals surface area (Å²) < 4.78 is 5.70. The van der Waals surface area contributed by atoms with Crippen LogP contribution < -0.4 is 15.6 Å². The third-order valence-electron chi connectivity index (χ3n) is 3.70. The van der Waals surface area contributed by atoms with Crippen molar-refractivity contribution in [2.45, 2.75) is 0 Å². The smallest absolute Gasteiger partial charge is 0.270 e. The Bertz CT molecular complexity index is 1100. The Hall–Kier alpha value is -3.02. The summed E-state index contributed by atoms with van der Waals surface area (Å²) in [5, 5.41) is 22.2. The number of nitrogens with zero attached hydrogens (tertiary/aromatic N) is 1. The number of thiophene rings is 1. The van der Waals surface area contributed by atoms with Crippen molar-refractivity contribution in [3.05, 3.63) is 44.5 Å². The summed E-state index contributed by atoms with van der Waals surface area (Å²) in [6, 6.07) is 8.44. The number of aromatic nitrogens is 1. The number of amides is 1. The molecule has 0 radical (unpaired) electrons. The van der Waals surface area contributed by atoms with Crippen molar-refractivity contribution in [3.8, 4) is 28.7 Å². The average Bonchev–Trinajstić information content (AvgIpc) is 2.96. The van der Waals surface area contributed by atoms with Crippen molar-refractivity contribution in [2.75, 3.05) is 13.7 Å². The maximum Gasteiger partial charge on any atom is 0.270 e. The zero-order valence-electron chi connectivity index (χ0n) is 13.4. The van der Waals surface area contributed by atoms with E-state index in [1.165, 1.54) is 7.05 Å². The van der Waals surface area contributed by atoms with Crippen molar-refractivity contribution in [1.82, 2.24) is 10.3 Å². The number of halogens is 1. The van der Waals surface area contributed by atoms with Gasteiger partial charge in [0.1, 0.15) is 26.7 Å². The summed E-state index contributed by atoms with van der Waals surface area (Å²) in [7, 11) is 1.52. The SMILES string of the molecule is CNC(=O)COc1ccc(-c2c(Cl)sc3[nH]c(=O)c(C#N)c(O)c23)cc1. The molecule has 0 atom stereocenters. The molecule has 0 aliphatic heterocycles. The second-order valence-electron chi connectivity index (χ2n) is 5.23. The predicted octanol–water partition coefficient (Wildman–Crippen LogP) is 2.61. The van der Waals surface area contributed by atoms with E-state index in [-0.39, 0.29) is 18.1 Å². The van der Waals surface area contributed by atoms with Crippen molar-refractivity contribution >= 4 is 39.1 Å². The van der Waals surface area contributed by atoms with Gasteiger partial charge in [0.05, 0.1) is 5.39 Å². The first kappa shape index (κ1) is 17.8. The lowest BCUT2D eigenvalue weighted by Crippen LogP contribution is -2.24. The minimum Gasteiger partial charge on any atom is -0.506 e. The number of ether oxygens (including phenoxy) is 1. The lowest BCUT2D eigenvalue weighted by atomic mass is 10.0. The summed E-state index contributed by atoms with van der Waals surface area (Å²) in [6.07, 6.45) is 0. The van der Waals surface area contributed by atoms with Crippen LogP contribution in [0.3, 0.4) is 0 Å². The van der Waals surface area contributed by atoms with Crippen LogP contribution in [0.15, 0.2) is 29.1 Å². The largest absolute Gasteiger partial charge is 0.506 e. The first-order valence-corrected chi connectivity index (χ1v) is 8.56. The molecule has 2 heterocycles. The van der Waals surface area contributed by atoms with Crippen LogP contribution in [0.2, 0.25) is 4.34 Å². The van der Waals surface area contributed by atoms with E-state index < -0.39 is 11.3 Å². The lowest BCUT2D eigenvalue weighted by Gasteiger charge is -2.07. The number of likely N-dealkylation sites (N-methyl/N-ethyl adjacent to an activating group) is 1. The van der Waals surface area contributed by atoms with E-state index in [1.54, 1.807) is 30.3 Å². The van der Waals surface area contributed by atoms with Crippen molar-refractivity contribution < 1.29 is 14.6 Å². The van der Waals surface area contributed by atoms with Crippen LogP contribution in [-0.2, 0) is 4.79 Å². The van der Waals surface area contributed by atoms with Crippen molar-refractivity contribution in [2.24, 2.45) is 0 Å². The third-order valence-corrected chi connectivity index (χ3v) is 5.01. The molecule has 26 heavy (non-hydrogen) atoms. The van der Waals surface area contributed by atoms with E-state index in [0.717, 1.165) is 11.3 Å². The van der Waals surface area contributed by atoms with Gasteiger partial charge in [0.15, 0.2) is 12.2 Å². The molecule has 0 bridgehead atoms. The number of rotatable bonds is 4. The minimum atomic E-state index is -0.667. The van der Waals surface area contributed by atoms with Crippen LogP contribution in [0.1, 0.15) is 5.56 Å². The molecule has 1 amide bonds. The number of pyridine rings is 1. The number of hydrogen-bond acceptors (Lipinski definition) is 6. The molecule has 0 fully saturated rings. The van der Waals surface area contributed by atoms with Gasteiger partial charge in [-0.25, -0.2) is 0 Å². The van der Waals surface area contributed by atoms with Crippen LogP contribution in [0.4, 0.5) is 0 Å². The number of hydrogen-bond donors (Lipinski definition) is 3. The molecule has 3 aromatic rings. The molecule has 132 valence electrons. The van der Waals surface area contributed by atoms with Gasteiger partial charge in [0, 0.05) is 12.6 Å². The Kier molecular flexibility index (Phi) is 4.84. The summed E-state index contributed by atoms with van der Waals surface area (Å²) in [6.45, 7) is -0.106. The van der Waals surface area contributed by atoms with E-state index in [2.05, 4.69) is 10.3 Å². The van der Waals surface area contributed by atoms with Crippen LogP contribution in [0.5, 0.6) is 11.5 Å².